The van der Waals surface area contributed by atoms with Crippen LogP contribution in [0.4, 0.5) is 11.4 Å². The number of likely N-dealkylation sites (tertiary alicyclic amines) is 1. The first-order valence-corrected chi connectivity index (χ1v) is 9.77. The molecule has 0 radical (unpaired) electrons. The molecule has 1 aliphatic rings. The quantitative estimate of drug-likeness (QED) is 0.701. The molecule has 1 saturated heterocycles. The van der Waals surface area contributed by atoms with Gasteiger partial charge < -0.3 is 25.4 Å². The Morgan fingerprint density at radius 3 is 2.52 bits per heavy atom. The number of hydrogen-bond donors (Lipinski definition) is 2. The third kappa shape index (κ3) is 5.63. The minimum Gasteiger partial charge on any atom is -0.495 e. The van der Waals surface area contributed by atoms with Crippen molar-refractivity contribution in [3.63, 3.8) is 0 Å². The van der Waals surface area contributed by atoms with E-state index in [2.05, 4.69) is 5.32 Å². The van der Waals surface area contributed by atoms with Crippen molar-refractivity contribution in [2.45, 2.75) is 19.3 Å². The Kier molecular flexibility index (Phi) is 6.94. The van der Waals surface area contributed by atoms with Crippen LogP contribution in [0.25, 0.3) is 0 Å². The third-order valence-electron chi connectivity index (χ3n) is 5.04. The number of nitrogens with two attached hydrogens (primary N) is 1. The number of methoxy groups -OCH3 is 1. The summed E-state index contributed by atoms with van der Waals surface area (Å²) in [4.78, 5) is 26.7. The number of piperidine rings is 1. The van der Waals surface area contributed by atoms with E-state index in [0.717, 1.165) is 5.75 Å². The number of ether oxygens (including phenoxy) is 2. The van der Waals surface area contributed by atoms with Crippen molar-refractivity contribution in [2.75, 3.05) is 37.9 Å². The lowest BCUT2D eigenvalue weighted by atomic mass is 9.95. The minimum atomic E-state index is -0.122. The summed E-state index contributed by atoms with van der Waals surface area (Å²) >= 11 is 0. The van der Waals surface area contributed by atoms with Gasteiger partial charge >= 0.3 is 0 Å². The van der Waals surface area contributed by atoms with Crippen molar-refractivity contribution < 1.29 is 19.1 Å². The van der Waals surface area contributed by atoms with Gasteiger partial charge in [-0.1, -0.05) is 18.2 Å². The molecular weight excluding hydrogens is 370 g/mol. The number of rotatable bonds is 7. The third-order valence-corrected chi connectivity index (χ3v) is 5.04. The normalized spacial score (nSPS) is 14.3. The van der Waals surface area contributed by atoms with Crippen LogP contribution in [0.1, 0.15) is 19.3 Å². The van der Waals surface area contributed by atoms with Gasteiger partial charge in [0.25, 0.3) is 0 Å². The van der Waals surface area contributed by atoms with E-state index in [1.54, 1.807) is 25.3 Å². The van der Waals surface area contributed by atoms with Crippen molar-refractivity contribution in [3.8, 4) is 11.5 Å². The monoisotopic (exact) mass is 397 g/mol. The van der Waals surface area contributed by atoms with E-state index in [0.29, 0.717) is 56.1 Å². The molecule has 0 saturated carbocycles. The second kappa shape index (κ2) is 9.82. The van der Waals surface area contributed by atoms with Gasteiger partial charge in [-0.25, -0.2) is 0 Å². The molecule has 3 rings (SSSR count). The average molecular weight is 397 g/mol. The number of nitrogens with one attached hydrogen (secondary N) is 1. The first-order chi connectivity index (χ1) is 14.1. The number of benzene rings is 2. The predicted molar refractivity (Wildman–Crippen MR) is 112 cm³/mol. The first kappa shape index (κ1) is 20.5. The summed E-state index contributed by atoms with van der Waals surface area (Å²) in [7, 11) is 1.55. The molecule has 0 unspecified atom stereocenters. The van der Waals surface area contributed by atoms with Crippen LogP contribution in [0, 0.1) is 5.92 Å². The van der Waals surface area contributed by atoms with Gasteiger partial charge in [-0.15, -0.1) is 0 Å². The molecule has 0 bridgehead atoms. The number of amides is 2. The topological polar surface area (TPSA) is 93.9 Å². The molecule has 29 heavy (non-hydrogen) atoms. The van der Waals surface area contributed by atoms with E-state index >= 15 is 0 Å². The van der Waals surface area contributed by atoms with Crippen molar-refractivity contribution >= 4 is 23.2 Å². The minimum absolute atomic E-state index is 0.0472. The summed E-state index contributed by atoms with van der Waals surface area (Å²) in [5, 5.41) is 2.90. The summed E-state index contributed by atoms with van der Waals surface area (Å²) < 4.78 is 10.7. The zero-order chi connectivity index (χ0) is 20.6. The first-order valence-electron chi connectivity index (χ1n) is 9.77. The Hall–Kier alpha value is -3.22. The zero-order valence-corrected chi connectivity index (χ0v) is 16.6. The number of carbonyl (C=O) groups is 2. The molecule has 0 atom stereocenters. The molecule has 2 aromatic rings. The smallest absolute Gasteiger partial charge is 0.227 e. The number of nitrogen functional groups attached to an aromatic ring is 1. The average Bonchev–Trinajstić information content (AvgIpc) is 2.74. The van der Waals surface area contributed by atoms with Gasteiger partial charge in [0.2, 0.25) is 11.8 Å². The van der Waals surface area contributed by atoms with Gasteiger partial charge in [0.15, 0.2) is 0 Å². The number of nitrogens with zero attached hydrogens (tertiary/aromatic N) is 1. The molecule has 1 aliphatic heterocycles. The Labute approximate surface area is 170 Å². The Morgan fingerprint density at radius 2 is 1.86 bits per heavy atom. The highest BCUT2D eigenvalue weighted by Gasteiger charge is 2.27. The highest BCUT2D eigenvalue weighted by molar-refractivity contribution is 5.93. The van der Waals surface area contributed by atoms with E-state index in [4.69, 9.17) is 15.2 Å². The molecule has 1 heterocycles. The van der Waals surface area contributed by atoms with Gasteiger partial charge in [-0.05, 0) is 43.2 Å². The van der Waals surface area contributed by atoms with Crippen LogP contribution in [-0.4, -0.2) is 43.5 Å². The van der Waals surface area contributed by atoms with Gasteiger partial charge in [-0.2, -0.15) is 0 Å². The molecule has 2 amide bonds. The fraction of sp³-hybridized carbons (Fsp3) is 0.364. The molecule has 7 nitrogen and oxygen atoms in total. The molecule has 1 fully saturated rings. The van der Waals surface area contributed by atoms with E-state index in [1.165, 1.54) is 0 Å². The fourth-order valence-electron chi connectivity index (χ4n) is 3.38. The van der Waals surface area contributed by atoms with Crippen LogP contribution in [0.15, 0.2) is 48.5 Å². The highest BCUT2D eigenvalue weighted by atomic mass is 16.5. The lowest BCUT2D eigenvalue weighted by Crippen LogP contribution is -2.41. The Balaban J connectivity index is 1.41. The largest absolute Gasteiger partial charge is 0.495 e. The number of anilines is 2. The van der Waals surface area contributed by atoms with Crippen molar-refractivity contribution in [2.24, 2.45) is 5.92 Å². The maximum atomic E-state index is 12.5. The lowest BCUT2D eigenvalue weighted by Gasteiger charge is -2.31. The van der Waals surface area contributed by atoms with E-state index in [-0.39, 0.29) is 17.7 Å². The lowest BCUT2D eigenvalue weighted by molar-refractivity contribution is -0.135. The molecule has 2 aromatic carbocycles. The summed E-state index contributed by atoms with van der Waals surface area (Å²) in [6.07, 6.45) is 1.61. The van der Waals surface area contributed by atoms with Crippen molar-refractivity contribution in [1.29, 1.82) is 0 Å². The SMILES string of the molecule is COc1ccc(NC(=O)C2CCN(C(=O)CCOc3ccccc3)CC2)cc1N. The van der Waals surface area contributed by atoms with Crippen LogP contribution in [-0.2, 0) is 9.59 Å². The van der Waals surface area contributed by atoms with E-state index < -0.39 is 0 Å². The van der Waals surface area contributed by atoms with Gasteiger partial charge in [-0.3, -0.25) is 9.59 Å². The number of hydrogen-bond acceptors (Lipinski definition) is 5. The molecule has 0 aliphatic carbocycles. The van der Waals surface area contributed by atoms with Crippen LogP contribution < -0.4 is 20.5 Å². The van der Waals surface area contributed by atoms with E-state index in [1.807, 2.05) is 35.2 Å². The maximum Gasteiger partial charge on any atom is 0.227 e. The number of carbonyl (C=O) groups excluding carboxylic acids is 2. The second-order valence-corrected chi connectivity index (χ2v) is 7.01. The van der Waals surface area contributed by atoms with Gasteiger partial charge in [0.05, 0.1) is 25.8 Å². The van der Waals surface area contributed by atoms with E-state index in [9.17, 15) is 9.59 Å². The second-order valence-electron chi connectivity index (χ2n) is 7.01. The summed E-state index contributed by atoms with van der Waals surface area (Å²) in [5.41, 5.74) is 7.00. The highest BCUT2D eigenvalue weighted by Crippen LogP contribution is 2.26. The fourth-order valence-corrected chi connectivity index (χ4v) is 3.38. The summed E-state index contributed by atoms with van der Waals surface area (Å²) in [5.74, 6) is 1.22. The Morgan fingerprint density at radius 1 is 1.14 bits per heavy atom. The van der Waals surface area contributed by atoms with Crippen molar-refractivity contribution in [3.05, 3.63) is 48.5 Å². The number of para-hydroxylation sites is 1. The van der Waals surface area contributed by atoms with Crippen LogP contribution in [0.2, 0.25) is 0 Å². The summed E-state index contributed by atoms with van der Waals surface area (Å²) in [6.45, 7) is 1.50. The van der Waals surface area contributed by atoms with Crippen molar-refractivity contribution in [1.82, 2.24) is 4.90 Å². The molecule has 0 aromatic heterocycles. The van der Waals surface area contributed by atoms with Crippen LogP contribution in [0.3, 0.4) is 0 Å². The maximum absolute atomic E-state index is 12.5. The zero-order valence-electron chi connectivity index (χ0n) is 16.6. The summed E-state index contributed by atoms with van der Waals surface area (Å²) in [6, 6.07) is 14.6. The predicted octanol–water partition coefficient (Wildman–Crippen LogP) is 2.92. The molecular formula is C22H27N3O4. The molecule has 3 N–H and O–H groups in total. The van der Waals surface area contributed by atoms with Gasteiger partial charge in [0.1, 0.15) is 11.5 Å². The molecule has 7 heteroatoms. The molecule has 0 spiro atoms. The molecule has 154 valence electrons. The van der Waals surface area contributed by atoms with Crippen LogP contribution in [0.5, 0.6) is 11.5 Å². The van der Waals surface area contributed by atoms with Crippen LogP contribution >= 0.6 is 0 Å². The standard InChI is InChI=1S/C22H27N3O4/c1-28-20-8-7-17(15-19(20)23)24-22(27)16-9-12-25(13-10-16)21(26)11-14-29-18-5-3-2-4-6-18/h2-8,15-16H,9-14,23H2,1H3,(H,24,27). The van der Waals surface area contributed by atoms with Gasteiger partial charge in [0, 0.05) is 24.7 Å². The Bertz CT molecular complexity index is 833.